The predicted molar refractivity (Wildman–Crippen MR) is 57.0 cm³/mol. The standard InChI is InChI=1S/C11H13N3O2/c15-10-4-5-11(16)14(13-10)8-6-9-3-1-2-7-12-9/h1-3,7H,4-6,8H2,(H,13,15). The first-order chi connectivity index (χ1) is 7.75. The largest absolute Gasteiger partial charge is 0.273 e. The molecule has 2 rings (SSSR count). The van der Waals surface area contributed by atoms with Gasteiger partial charge in [-0.2, -0.15) is 0 Å². The molecule has 84 valence electrons. The number of rotatable bonds is 3. The summed E-state index contributed by atoms with van der Waals surface area (Å²) in [6, 6.07) is 5.65. The van der Waals surface area contributed by atoms with Crippen molar-refractivity contribution in [1.82, 2.24) is 15.4 Å². The minimum atomic E-state index is -0.0966. The van der Waals surface area contributed by atoms with Gasteiger partial charge in [-0.25, -0.2) is 0 Å². The number of hydrogen-bond acceptors (Lipinski definition) is 3. The molecule has 1 N–H and O–H groups in total. The van der Waals surface area contributed by atoms with Crippen molar-refractivity contribution >= 4 is 11.8 Å². The summed E-state index contributed by atoms with van der Waals surface area (Å²) in [5.41, 5.74) is 3.47. The number of nitrogens with one attached hydrogen (secondary N) is 1. The zero-order valence-corrected chi connectivity index (χ0v) is 8.85. The molecule has 0 aromatic carbocycles. The number of hydrazine groups is 1. The average Bonchev–Trinajstić information content (AvgIpc) is 2.32. The Morgan fingerprint density at radius 3 is 2.94 bits per heavy atom. The first-order valence-corrected chi connectivity index (χ1v) is 5.25. The van der Waals surface area contributed by atoms with Crippen LogP contribution in [0.25, 0.3) is 0 Å². The average molecular weight is 219 g/mol. The number of aromatic nitrogens is 1. The molecule has 1 fully saturated rings. The van der Waals surface area contributed by atoms with Gasteiger partial charge in [0, 0.05) is 37.7 Å². The lowest BCUT2D eigenvalue weighted by molar-refractivity contribution is -0.147. The fourth-order valence-electron chi connectivity index (χ4n) is 1.58. The molecule has 16 heavy (non-hydrogen) atoms. The number of carbonyl (C=O) groups is 2. The van der Waals surface area contributed by atoms with Crippen LogP contribution in [0.5, 0.6) is 0 Å². The van der Waals surface area contributed by atoms with Gasteiger partial charge in [0.1, 0.15) is 0 Å². The molecule has 0 radical (unpaired) electrons. The number of amides is 2. The molecule has 0 bridgehead atoms. The summed E-state index contributed by atoms with van der Waals surface area (Å²) in [7, 11) is 0. The van der Waals surface area contributed by atoms with E-state index in [0.717, 1.165) is 5.69 Å². The van der Waals surface area contributed by atoms with E-state index in [4.69, 9.17) is 0 Å². The van der Waals surface area contributed by atoms with E-state index in [0.29, 0.717) is 25.8 Å². The maximum Gasteiger partial charge on any atom is 0.241 e. The van der Waals surface area contributed by atoms with Crippen LogP contribution in [0.3, 0.4) is 0 Å². The number of hydrogen-bond donors (Lipinski definition) is 1. The number of pyridine rings is 1. The van der Waals surface area contributed by atoms with Gasteiger partial charge in [0.2, 0.25) is 11.8 Å². The van der Waals surface area contributed by atoms with Crippen LogP contribution in [0.1, 0.15) is 18.5 Å². The maximum absolute atomic E-state index is 11.5. The third kappa shape index (κ3) is 2.56. The van der Waals surface area contributed by atoms with Gasteiger partial charge < -0.3 is 0 Å². The quantitative estimate of drug-likeness (QED) is 0.794. The Balaban J connectivity index is 1.90. The van der Waals surface area contributed by atoms with E-state index in [9.17, 15) is 9.59 Å². The van der Waals surface area contributed by atoms with Crippen molar-refractivity contribution in [1.29, 1.82) is 0 Å². The summed E-state index contributed by atoms with van der Waals surface area (Å²) in [6.07, 6.45) is 2.95. The molecule has 0 atom stereocenters. The lowest BCUT2D eigenvalue weighted by atomic mass is 10.2. The topological polar surface area (TPSA) is 62.3 Å². The van der Waals surface area contributed by atoms with Crippen molar-refractivity contribution in [3.8, 4) is 0 Å². The zero-order valence-electron chi connectivity index (χ0n) is 8.85. The second-order valence-corrected chi connectivity index (χ2v) is 3.65. The van der Waals surface area contributed by atoms with Gasteiger partial charge in [-0.3, -0.25) is 25.0 Å². The SMILES string of the molecule is O=C1CCC(=O)N(CCc2ccccn2)N1. The third-order valence-electron chi connectivity index (χ3n) is 2.44. The fraction of sp³-hybridized carbons (Fsp3) is 0.364. The van der Waals surface area contributed by atoms with Gasteiger partial charge in [-0.05, 0) is 12.1 Å². The normalized spacial score (nSPS) is 16.1. The molecule has 2 heterocycles. The summed E-state index contributed by atoms with van der Waals surface area (Å²) in [4.78, 5) is 26.7. The van der Waals surface area contributed by atoms with E-state index in [1.54, 1.807) is 6.20 Å². The van der Waals surface area contributed by atoms with E-state index < -0.39 is 0 Å². The van der Waals surface area contributed by atoms with Crippen LogP contribution >= 0.6 is 0 Å². The highest BCUT2D eigenvalue weighted by atomic mass is 16.2. The Morgan fingerprint density at radius 1 is 1.31 bits per heavy atom. The molecular weight excluding hydrogens is 206 g/mol. The molecule has 1 aromatic heterocycles. The molecule has 5 heteroatoms. The Labute approximate surface area is 93.4 Å². The molecule has 0 saturated carbocycles. The minimum Gasteiger partial charge on any atom is -0.273 e. The molecule has 0 unspecified atom stereocenters. The van der Waals surface area contributed by atoms with Crippen LogP contribution in [0.2, 0.25) is 0 Å². The minimum absolute atomic E-state index is 0.0319. The summed E-state index contributed by atoms with van der Waals surface area (Å²) in [6.45, 7) is 0.474. The highest BCUT2D eigenvalue weighted by molar-refractivity contribution is 5.89. The summed E-state index contributed by atoms with van der Waals surface area (Å²) in [5.74, 6) is -0.129. The number of carbonyl (C=O) groups excluding carboxylic acids is 2. The molecule has 0 spiro atoms. The Hall–Kier alpha value is -1.91. The monoisotopic (exact) mass is 219 g/mol. The van der Waals surface area contributed by atoms with Gasteiger partial charge in [0.05, 0.1) is 0 Å². The molecule has 5 nitrogen and oxygen atoms in total. The van der Waals surface area contributed by atoms with Crippen molar-refractivity contribution in [2.45, 2.75) is 19.3 Å². The van der Waals surface area contributed by atoms with Gasteiger partial charge in [-0.15, -0.1) is 0 Å². The lowest BCUT2D eigenvalue weighted by Crippen LogP contribution is -2.50. The molecule has 0 aliphatic carbocycles. The van der Waals surface area contributed by atoms with Crippen molar-refractivity contribution in [2.24, 2.45) is 0 Å². The molecule has 1 aliphatic heterocycles. The second-order valence-electron chi connectivity index (χ2n) is 3.65. The van der Waals surface area contributed by atoms with Crippen LogP contribution in [0.15, 0.2) is 24.4 Å². The van der Waals surface area contributed by atoms with Crippen LogP contribution in [0, 0.1) is 0 Å². The molecule has 2 amide bonds. The smallest absolute Gasteiger partial charge is 0.241 e. The predicted octanol–water partition coefficient (Wildman–Crippen LogP) is 0.278. The van der Waals surface area contributed by atoms with Gasteiger partial charge in [-0.1, -0.05) is 6.07 Å². The van der Waals surface area contributed by atoms with Crippen molar-refractivity contribution in [2.75, 3.05) is 6.54 Å². The Morgan fingerprint density at radius 2 is 2.19 bits per heavy atom. The van der Waals surface area contributed by atoms with Crippen LogP contribution in [-0.2, 0) is 16.0 Å². The first-order valence-electron chi connectivity index (χ1n) is 5.25. The van der Waals surface area contributed by atoms with Crippen molar-refractivity contribution in [3.63, 3.8) is 0 Å². The molecular formula is C11H13N3O2. The lowest BCUT2D eigenvalue weighted by Gasteiger charge is -2.26. The highest BCUT2D eigenvalue weighted by Gasteiger charge is 2.22. The van der Waals surface area contributed by atoms with E-state index in [2.05, 4.69) is 10.4 Å². The van der Waals surface area contributed by atoms with E-state index in [-0.39, 0.29) is 11.8 Å². The zero-order chi connectivity index (χ0) is 11.4. The Bertz CT molecular complexity index is 391. The maximum atomic E-state index is 11.5. The fourth-order valence-corrected chi connectivity index (χ4v) is 1.58. The third-order valence-corrected chi connectivity index (χ3v) is 2.44. The summed E-state index contributed by atoms with van der Waals surface area (Å²) < 4.78 is 0. The van der Waals surface area contributed by atoms with E-state index >= 15 is 0 Å². The number of nitrogens with zero attached hydrogens (tertiary/aromatic N) is 2. The molecule has 1 saturated heterocycles. The van der Waals surface area contributed by atoms with Crippen LogP contribution in [0.4, 0.5) is 0 Å². The summed E-state index contributed by atoms with van der Waals surface area (Å²) in [5, 5.41) is 1.38. The van der Waals surface area contributed by atoms with E-state index in [1.165, 1.54) is 5.01 Å². The highest BCUT2D eigenvalue weighted by Crippen LogP contribution is 2.04. The van der Waals surface area contributed by atoms with Crippen LogP contribution < -0.4 is 5.43 Å². The van der Waals surface area contributed by atoms with Gasteiger partial charge in [0.15, 0.2) is 0 Å². The van der Waals surface area contributed by atoms with Gasteiger partial charge in [0.25, 0.3) is 0 Å². The Kier molecular flexibility index (Phi) is 3.14. The van der Waals surface area contributed by atoms with Crippen molar-refractivity contribution < 1.29 is 9.59 Å². The summed E-state index contributed by atoms with van der Waals surface area (Å²) >= 11 is 0. The second kappa shape index (κ2) is 4.74. The first kappa shape index (κ1) is 10.6. The molecule has 1 aliphatic rings. The van der Waals surface area contributed by atoms with Crippen molar-refractivity contribution in [3.05, 3.63) is 30.1 Å². The molecule has 1 aromatic rings. The van der Waals surface area contributed by atoms with Gasteiger partial charge >= 0.3 is 0 Å². The van der Waals surface area contributed by atoms with E-state index in [1.807, 2.05) is 18.2 Å². The van der Waals surface area contributed by atoms with Crippen LogP contribution in [-0.4, -0.2) is 28.4 Å².